The first-order valence-corrected chi connectivity index (χ1v) is 11.7. The number of amides is 1. The van der Waals surface area contributed by atoms with Gasteiger partial charge >= 0.3 is 0 Å². The molecule has 6 heteroatoms. The first-order valence-electron chi connectivity index (χ1n) is 10.9. The Balaban J connectivity index is 1.73. The van der Waals surface area contributed by atoms with Gasteiger partial charge in [-0.3, -0.25) is 4.79 Å². The Morgan fingerprint density at radius 3 is 1.94 bits per heavy atom. The second-order valence-electron chi connectivity index (χ2n) is 8.45. The van der Waals surface area contributed by atoms with Gasteiger partial charge < -0.3 is 0 Å². The molecule has 0 radical (unpaired) electrons. The standard InChI is InChI=1S/C27H28N4OS/c1-17(2)22-10-6-20(7-11-22)15-29-27-24(14-28)19(5)25(33-27)26(32)31-30-16-21-8-12-23(13-9-21)18(3)4/h6-13,15-18H,1-5H3,(H,31,32)/b29-15?,30-16+. The van der Waals surface area contributed by atoms with E-state index in [2.05, 4.69) is 73.5 Å². The summed E-state index contributed by atoms with van der Waals surface area (Å²) in [5.41, 5.74) is 7.92. The van der Waals surface area contributed by atoms with Gasteiger partial charge in [0, 0.05) is 6.21 Å². The molecule has 0 saturated heterocycles. The molecule has 3 rings (SSSR count). The molecule has 33 heavy (non-hydrogen) atoms. The van der Waals surface area contributed by atoms with Crippen molar-refractivity contribution < 1.29 is 4.79 Å². The van der Waals surface area contributed by atoms with Gasteiger partial charge in [0.15, 0.2) is 0 Å². The van der Waals surface area contributed by atoms with Crippen LogP contribution < -0.4 is 5.43 Å². The predicted molar refractivity (Wildman–Crippen MR) is 137 cm³/mol. The van der Waals surface area contributed by atoms with E-state index in [0.717, 1.165) is 11.1 Å². The molecule has 168 valence electrons. The van der Waals surface area contributed by atoms with Gasteiger partial charge in [0.1, 0.15) is 15.9 Å². The molecule has 0 aliphatic heterocycles. The van der Waals surface area contributed by atoms with E-state index < -0.39 is 0 Å². The van der Waals surface area contributed by atoms with Crippen LogP contribution in [0.4, 0.5) is 5.00 Å². The normalized spacial score (nSPS) is 11.6. The summed E-state index contributed by atoms with van der Waals surface area (Å²) in [6.07, 6.45) is 3.33. The molecule has 1 heterocycles. The number of rotatable bonds is 7. The molecule has 0 spiro atoms. The van der Waals surface area contributed by atoms with Crippen LogP contribution in [0.15, 0.2) is 58.6 Å². The van der Waals surface area contributed by atoms with Crippen LogP contribution in [0.2, 0.25) is 0 Å². The summed E-state index contributed by atoms with van der Waals surface area (Å²) in [5, 5.41) is 14.2. The number of hydrogen-bond donors (Lipinski definition) is 1. The van der Waals surface area contributed by atoms with Crippen LogP contribution in [0.3, 0.4) is 0 Å². The highest BCUT2D eigenvalue weighted by Crippen LogP contribution is 2.34. The fourth-order valence-corrected chi connectivity index (χ4v) is 4.21. The molecule has 0 fully saturated rings. The summed E-state index contributed by atoms with van der Waals surface area (Å²) >= 11 is 1.19. The topological polar surface area (TPSA) is 77.6 Å². The zero-order valence-electron chi connectivity index (χ0n) is 19.6. The van der Waals surface area contributed by atoms with Crippen molar-refractivity contribution in [3.63, 3.8) is 0 Å². The van der Waals surface area contributed by atoms with E-state index in [-0.39, 0.29) is 5.91 Å². The van der Waals surface area contributed by atoms with Crippen molar-refractivity contribution >= 4 is 34.7 Å². The number of carbonyl (C=O) groups excluding carboxylic acids is 1. The van der Waals surface area contributed by atoms with Crippen molar-refractivity contribution in [3.05, 3.63) is 86.8 Å². The van der Waals surface area contributed by atoms with Crippen LogP contribution in [0.1, 0.15) is 82.6 Å². The fraction of sp³-hybridized carbons (Fsp3) is 0.259. The van der Waals surface area contributed by atoms with Gasteiger partial charge in [0.25, 0.3) is 5.91 Å². The Labute approximate surface area is 199 Å². The van der Waals surface area contributed by atoms with Gasteiger partial charge in [-0.1, -0.05) is 76.2 Å². The molecule has 0 aliphatic carbocycles. The van der Waals surface area contributed by atoms with E-state index >= 15 is 0 Å². The molecule has 1 amide bonds. The number of aliphatic imine (C=N–C) groups is 1. The molecule has 0 atom stereocenters. The Kier molecular flexibility index (Phi) is 7.92. The average molecular weight is 457 g/mol. The molecule has 3 aromatic rings. The minimum Gasteiger partial charge on any atom is -0.266 e. The zero-order valence-corrected chi connectivity index (χ0v) is 20.4. The lowest BCUT2D eigenvalue weighted by Gasteiger charge is -2.04. The van der Waals surface area contributed by atoms with E-state index in [1.54, 1.807) is 19.4 Å². The number of hydrogen-bond acceptors (Lipinski definition) is 5. The number of hydrazone groups is 1. The van der Waals surface area contributed by atoms with Gasteiger partial charge in [-0.15, -0.1) is 11.3 Å². The maximum Gasteiger partial charge on any atom is 0.281 e. The summed E-state index contributed by atoms with van der Waals surface area (Å²) in [5.74, 6) is 0.569. The summed E-state index contributed by atoms with van der Waals surface area (Å²) in [7, 11) is 0. The third-order valence-electron chi connectivity index (χ3n) is 5.36. The number of nitriles is 1. The van der Waals surface area contributed by atoms with Crippen molar-refractivity contribution in [1.82, 2.24) is 5.43 Å². The Hall–Kier alpha value is -3.56. The maximum atomic E-state index is 12.7. The van der Waals surface area contributed by atoms with Gasteiger partial charge in [-0.05, 0) is 46.6 Å². The molecular formula is C27H28N4OS. The largest absolute Gasteiger partial charge is 0.281 e. The second-order valence-corrected chi connectivity index (χ2v) is 9.45. The van der Waals surface area contributed by atoms with Crippen LogP contribution in [-0.2, 0) is 0 Å². The van der Waals surface area contributed by atoms with E-state index in [1.807, 2.05) is 24.3 Å². The number of benzene rings is 2. The van der Waals surface area contributed by atoms with E-state index in [1.165, 1.54) is 22.5 Å². The molecule has 1 aromatic heterocycles. The molecule has 0 bridgehead atoms. The fourth-order valence-electron chi connectivity index (χ4n) is 3.22. The summed E-state index contributed by atoms with van der Waals surface area (Å²) < 4.78 is 0. The highest BCUT2D eigenvalue weighted by Gasteiger charge is 2.19. The molecule has 0 unspecified atom stereocenters. The van der Waals surface area contributed by atoms with Crippen molar-refractivity contribution in [2.75, 3.05) is 0 Å². The Morgan fingerprint density at radius 2 is 1.45 bits per heavy atom. The van der Waals surface area contributed by atoms with E-state index in [4.69, 9.17) is 0 Å². The van der Waals surface area contributed by atoms with Crippen LogP contribution in [0, 0.1) is 18.3 Å². The van der Waals surface area contributed by atoms with Crippen molar-refractivity contribution in [3.8, 4) is 6.07 Å². The maximum absolute atomic E-state index is 12.7. The van der Waals surface area contributed by atoms with Crippen LogP contribution in [0.25, 0.3) is 0 Å². The molecule has 5 nitrogen and oxygen atoms in total. The van der Waals surface area contributed by atoms with Crippen molar-refractivity contribution in [2.45, 2.75) is 46.5 Å². The Bertz CT molecular complexity index is 1210. The smallest absolute Gasteiger partial charge is 0.266 e. The molecule has 0 aliphatic rings. The quantitative estimate of drug-likeness (QED) is 0.317. The number of thiophene rings is 1. The zero-order chi connectivity index (χ0) is 24.0. The van der Waals surface area contributed by atoms with E-state index in [9.17, 15) is 10.1 Å². The Morgan fingerprint density at radius 1 is 0.939 bits per heavy atom. The van der Waals surface area contributed by atoms with Gasteiger partial charge in [0.05, 0.1) is 11.8 Å². The molecular weight excluding hydrogens is 428 g/mol. The molecule has 0 saturated carbocycles. The molecule has 2 aromatic carbocycles. The van der Waals surface area contributed by atoms with Crippen molar-refractivity contribution in [2.24, 2.45) is 10.1 Å². The van der Waals surface area contributed by atoms with Crippen molar-refractivity contribution in [1.29, 1.82) is 5.26 Å². The number of carbonyl (C=O) groups is 1. The highest BCUT2D eigenvalue weighted by atomic mass is 32.1. The van der Waals surface area contributed by atoms with Gasteiger partial charge in [0.2, 0.25) is 0 Å². The lowest BCUT2D eigenvalue weighted by Crippen LogP contribution is -2.17. The minimum atomic E-state index is -0.355. The minimum absolute atomic E-state index is 0.355. The number of nitrogens with zero attached hydrogens (tertiary/aromatic N) is 3. The van der Waals surface area contributed by atoms with Crippen LogP contribution in [-0.4, -0.2) is 18.3 Å². The van der Waals surface area contributed by atoms with Crippen LogP contribution in [0.5, 0.6) is 0 Å². The third kappa shape index (κ3) is 6.03. The highest BCUT2D eigenvalue weighted by molar-refractivity contribution is 7.18. The molecule has 1 N–H and O–H groups in total. The average Bonchev–Trinajstić information content (AvgIpc) is 3.13. The monoisotopic (exact) mass is 456 g/mol. The predicted octanol–water partition coefficient (Wildman–Crippen LogP) is 6.69. The first kappa shape index (κ1) is 24.1. The summed E-state index contributed by atoms with van der Waals surface area (Å²) in [6, 6.07) is 18.4. The lowest BCUT2D eigenvalue weighted by molar-refractivity contribution is 0.0958. The first-order chi connectivity index (χ1) is 15.8. The van der Waals surface area contributed by atoms with Crippen LogP contribution >= 0.6 is 11.3 Å². The summed E-state index contributed by atoms with van der Waals surface area (Å²) in [6.45, 7) is 10.3. The third-order valence-corrected chi connectivity index (χ3v) is 6.56. The van der Waals surface area contributed by atoms with Gasteiger partial charge in [-0.2, -0.15) is 10.4 Å². The second kappa shape index (κ2) is 10.8. The van der Waals surface area contributed by atoms with E-state index in [0.29, 0.717) is 32.8 Å². The van der Waals surface area contributed by atoms with Gasteiger partial charge in [-0.25, -0.2) is 10.4 Å². The lowest BCUT2D eigenvalue weighted by atomic mass is 10.0. The number of nitrogens with one attached hydrogen (secondary N) is 1. The summed E-state index contributed by atoms with van der Waals surface area (Å²) in [4.78, 5) is 17.6. The SMILES string of the molecule is Cc1c(C(=O)N/N=C/c2ccc(C(C)C)cc2)sc(N=Cc2ccc(C(C)C)cc2)c1C#N.